The summed E-state index contributed by atoms with van der Waals surface area (Å²) < 4.78 is 6.52. The minimum Gasteiger partial charge on any atom is -0.367 e. The maximum atomic E-state index is 6.08. The summed E-state index contributed by atoms with van der Waals surface area (Å²) in [6.07, 6.45) is 2.83. The Bertz CT molecular complexity index is 405. The predicted octanol–water partition coefficient (Wildman–Crippen LogP) is 3.48. The summed E-state index contributed by atoms with van der Waals surface area (Å²) in [5.74, 6) is 0.704. The van der Waals surface area contributed by atoms with Crippen LogP contribution in [0.5, 0.6) is 0 Å². The minimum absolute atomic E-state index is 0.367. The molecule has 0 aliphatic carbocycles. The fraction of sp³-hybridized carbons (Fsp3) is 0.636. The van der Waals surface area contributed by atoms with Crippen LogP contribution in [0, 0.1) is 0 Å². The van der Waals surface area contributed by atoms with Crippen molar-refractivity contribution in [1.82, 2.24) is 9.97 Å². The normalized spacial score (nSPS) is 25.0. The molecule has 2 heterocycles. The van der Waals surface area contributed by atoms with Gasteiger partial charge in [-0.05, 0) is 42.1 Å². The van der Waals surface area contributed by atoms with Gasteiger partial charge in [0.15, 0.2) is 5.82 Å². The quantitative estimate of drug-likeness (QED) is 0.785. The van der Waals surface area contributed by atoms with Crippen molar-refractivity contribution >= 4 is 27.5 Å². The third-order valence-corrected chi connectivity index (χ3v) is 4.24. The summed E-state index contributed by atoms with van der Waals surface area (Å²) in [6, 6.07) is 0. The largest absolute Gasteiger partial charge is 0.367 e. The number of hydrogen-bond donors (Lipinski definition) is 0. The molecule has 1 aliphatic heterocycles. The standard InChI is InChI=1S/C11H14BrClN2O/c1-3-7-8(12)9(13)15-10(14-7)11(2)5-4-6-16-11/h3-6H2,1-2H3. The van der Waals surface area contributed by atoms with E-state index in [9.17, 15) is 0 Å². The molecule has 0 saturated carbocycles. The Kier molecular flexibility index (Phi) is 3.52. The van der Waals surface area contributed by atoms with E-state index < -0.39 is 0 Å². The first-order valence-corrected chi connectivity index (χ1v) is 6.60. The molecule has 1 saturated heterocycles. The number of rotatable bonds is 2. The Morgan fingerprint density at radius 2 is 2.25 bits per heavy atom. The summed E-state index contributed by atoms with van der Waals surface area (Å²) in [7, 11) is 0. The summed E-state index contributed by atoms with van der Waals surface area (Å²) in [5.41, 5.74) is 0.570. The van der Waals surface area contributed by atoms with Gasteiger partial charge in [-0.2, -0.15) is 0 Å². The van der Waals surface area contributed by atoms with Crippen LogP contribution < -0.4 is 0 Å². The lowest BCUT2D eigenvalue weighted by molar-refractivity contribution is 0.00913. The van der Waals surface area contributed by atoms with Crippen LogP contribution in [0.15, 0.2) is 4.47 Å². The van der Waals surface area contributed by atoms with Gasteiger partial charge in [-0.25, -0.2) is 9.97 Å². The molecular weight excluding hydrogens is 291 g/mol. The monoisotopic (exact) mass is 304 g/mol. The molecule has 5 heteroatoms. The first kappa shape index (κ1) is 12.3. The second-order valence-corrected chi connectivity index (χ2v) is 5.29. The van der Waals surface area contributed by atoms with Gasteiger partial charge in [-0.1, -0.05) is 18.5 Å². The van der Waals surface area contributed by atoms with Crippen LogP contribution in [0.2, 0.25) is 5.15 Å². The van der Waals surface area contributed by atoms with Crippen molar-refractivity contribution in [3.05, 3.63) is 21.1 Å². The Labute approximate surface area is 109 Å². The number of nitrogens with zero attached hydrogens (tertiary/aromatic N) is 2. The van der Waals surface area contributed by atoms with Crippen molar-refractivity contribution in [2.45, 2.75) is 38.7 Å². The third-order valence-electron chi connectivity index (χ3n) is 2.91. The van der Waals surface area contributed by atoms with E-state index in [1.54, 1.807) is 0 Å². The molecule has 2 rings (SSSR count). The zero-order chi connectivity index (χ0) is 11.8. The minimum atomic E-state index is -0.367. The van der Waals surface area contributed by atoms with E-state index in [-0.39, 0.29) is 5.60 Å². The second kappa shape index (κ2) is 4.59. The number of ether oxygens (including phenoxy) is 1. The van der Waals surface area contributed by atoms with Crippen molar-refractivity contribution in [2.75, 3.05) is 6.61 Å². The number of halogens is 2. The maximum absolute atomic E-state index is 6.08. The van der Waals surface area contributed by atoms with Gasteiger partial charge in [-0.15, -0.1) is 0 Å². The highest BCUT2D eigenvalue weighted by molar-refractivity contribution is 9.10. The van der Waals surface area contributed by atoms with E-state index in [4.69, 9.17) is 16.3 Å². The summed E-state index contributed by atoms with van der Waals surface area (Å²) in [6.45, 7) is 4.85. The molecule has 1 atom stereocenters. The first-order chi connectivity index (χ1) is 7.57. The molecule has 0 aromatic carbocycles. The molecule has 0 bridgehead atoms. The molecule has 88 valence electrons. The van der Waals surface area contributed by atoms with E-state index in [1.807, 2.05) is 13.8 Å². The van der Waals surface area contributed by atoms with Gasteiger partial charge in [0.05, 0.1) is 10.2 Å². The second-order valence-electron chi connectivity index (χ2n) is 4.14. The smallest absolute Gasteiger partial charge is 0.161 e. The molecule has 3 nitrogen and oxygen atoms in total. The fourth-order valence-electron chi connectivity index (χ4n) is 1.89. The lowest BCUT2D eigenvalue weighted by Gasteiger charge is -2.22. The van der Waals surface area contributed by atoms with E-state index in [0.717, 1.165) is 36.0 Å². The Hall–Kier alpha value is -0.190. The van der Waals surface area contributed by atoms with E-state index in [1.165, 1.54) is 0 Å². The van der Waals surface area contributed by atoms with Crippen molar-refractivity contribution in [1.29, 1.82) is 0 Å². The molecule has 1 fully saturated rings. The van der Waals surface area contributed by atoms with Crippen molar-refractivity contribution < 1.29 is 4.74 Å². The lowest BCUT2D eigenvalue weighted by atomic mass is 10.0. The van der Waals surface area contributed by atoms with Gasteiger partial charge in [0.2, 0.25) is 0 Å². The molecule has 0 radical (unpaired) electrons. The van der Waals surface area contributed by atoms with E-state index in [0.29, 0.717) is 11.0 Å². The van der Waals surface area contributed by atoms with Gasteiger partial charge >= 0.3 is 0 Å². The van der Waals surface area contributed by atoms with Gasteiger partial charge in [-0.3, -0.25) is 0 Å². The third kappa shape index (κ3) is 2.11. The van der Waals surface area contributed by atoms with Gasteiger partial charge in [0, 0.05) is 6.61 Å². The molecular formula is C11H14BrClN2O. The Morgan fingerprint density at radius 1 is 1.50 bits per heavy atom. The summed E-state index contributed by atoms with van der Waals surface area (Å²) in [5, 5.41) is 0.471. The molecule has 1 aliphatic rings. The van der Waals surface area contributed by atoms with Crippen molar-refractivity contribution in [3.8, 4) is 0 Å². The van der Waals surface area contributed by atoms with E-state index in [2.05, 4.69) is 25.9 Å². The lowest BCUT2D eigenvalue weighted by Crippen LogP contribution is -2.24. The fourth-order valence-corrected chi connectivity index (χ4v) is 2.54. The van der Waals surface area contributed by atoms with Crippen LogP contribution in [0.1, 0.15) is 38.2 Å². The van der Waals surface area contributed by atoms with Crippen LogP contribution in [0.25, 0.3) is 0 Å². The van der Waals surface area contributed by atoms with Gasteiger partial charge < -0.3 is 4.74 Å². The SMILES string of the molecule is CCc1nc(C2(C)CCCO2)nc(Cl)c1Br. The summed E-state index contributed by atoms with van der Waals surface area (Å²) >= 11 is 9.49. The molecule has 0 amide bonds. The Balaban J connectivity index is 2.45. The highest BCUT2D eigenvalue weighted by atomic mass is 79.9. The van der Waals surface area contributed by atoms with Crippen LogP contribution >= 0.6 is 27.5 Å². The number of aryl methyl sites for hydroxylation is 1. The first-order valence-electron chi connectivity index (χ1n) is 5.43. The average Bonchev–Trinajstić information content (AvgIpc) is 2.70. The average molecular weight is 306 g/mol. The van der Waals surface area contributed by atoms with Crippen LogP contribution in [0.3, 0.4) is 0 Å². The molecule has 16 heavy (non-hydrogen) atoms. The van der Waals surface area contributed by atoms with Crippen molar-refractivity contribution in [3.63, 3.8) is 0 Å². The van der Waals surface area contributed by atoms with Crippen LogP contribution in [-0.4, -0.2) is 16.6 Å². The Morgan fingerprint density at radius 3 is 2.81 bits per heavy atom. The highest BCUT2D eigenvalue weighted by Gasteiger charge is 2.35. The molecule has 1 aromatic heterocycles. The predicted molar refractivity (Wildman–Crippen MR) is 66.7 cm³/mol. The maximum Gasteiger partial charge on any atom is 0.161 e. The number of aromatic nitrogens is 2. The topological polar surface area (TPSA) is 35.0 Å². The molecule has 0 N–H and O–H groups in total. The summed E-state index contributed by atoms with van der Waals surface area (Å²) in [4.78, 5) is 8.86. The molecule has 1 unspecified atom stereocenters. The van der Waals surface area contributed by atoms with E-state index >= 15 is 0 Å². The highest BCUT2D eigenvalue weighted by Crippen LogP contribution is 2.35. The molecule has 1 aromatic rings. The zero-order valence-corrected chi connectivity index (χ0v) is 11.7. The molecule has 0 spiro atoms. The number of hydrogen-bond acceptors (Lipinski definition) is 3. The van der Waals surface area contributed by atoms with Crippen molar-refractivity contribution in [2.24, 2.45) is 0 Å². The van der Waals surface area contributed by atoms with Gasteiger partial charge in [0.25, 0.3) is 0 Å². The zero-order valence-electron chi connectivity index (χ0n) is 9.39. The van der Waals surface area contributed by atoms with Gasteiger partial charge in [0.1, 0.15) is 10.8 Å². The van der Waals surface area contributed by atoms with Crippen LogP contribution in [-0.2, 0) is 16.8 Å². The van der Waals surface area contributed by atoms with Crippen LogP contribution in [0.4, 0.5) is 0 Å².